The Morgan fingerprint density at radius 1 is 1.20 bits per heavy atom. The average molecular weight is 353 g/mol. The van der Waals surface area contributed by atoms with Crippen LogP contribution < -0.4 is 0 Å². The standard InChI is InChI=1S/C12H7Cl2FO3S2/c13-11-5-9(12(14)19-11)10(16)6-20(17,18)8-3-1-7(15)2-4-8/h1-5H,6H2. The quantitative estimate of drug-likeness (QED) is 0.620. The van der Waals surface area contributed by atoms with E-state index in [0.29, 0.717) is 4.34 Å². The number of halogens is 3. The zero-order valence-corrected chi connectivity index (χ0v) is 12.9. The number of Topliss-reactive ketones (excluding diaryl/α,β-unsaturated/α-hetero) is 1. The fourth-order valence-corrected chi connectivity index (χ4v) is 4.22. The van der Waals surface area contributed by atoms with E-state index in [0.717, 1.165) is 35.6 Å². The molecule has 1 heterocycles. The summed E-state index contributed by atoms with van der Waals surface area (Å²) < 4.78 is 37.3. The maximum absolute atomic E-state index is 12.8. The molecule has 2 aromatic rings. The van der Waals surface area contributed by atoms with E-state index in [1.165, 1.54) is 6.07 Å². The van der Waals surface area contributed by atoms with Gasteiger partial charge in [0.2, 0.25) is 0 Å². The summed E-state index contributed by atoms with van der Waals surface area (Å²) >= 11 is 12.5. The molecule has 1 aromatic heterocycles. The molecule has 0 unspecified atom stereocenters. The second-order valence-electron chi connectivity index (χ2n) is 3.87. The molecule has 1 aromatic carbocycles. The number of hydrogen-bond donors (Lipinski definition) is 0. The van der Waals surface area contributed by atoms with Crippen LogP contribution in [-0.2, 0) is 9.84 Å². The second kappa shape index (κ2) is 5.81. The van der Waals surface area contributed by atoms with Crippen molar-refractivity contribution in [3.05, 3.63) is 50.4 Å². The maximum atomic E-state index is 12.8. The molecule has 0 saturated heterocycles. The van der Waals surface area contributed by atoms with E-state index in [2.05, 4.69) is 0 Å². The monoisotopic (exact) mass is 352 g/mol. The van der Waals surface area contributed by atoms with Gasteiger partial charge in [-0.1, -0.05) is 23.2 Å². The molecule has 0 aliphatic rings. The molecule has 8 heteroatoms. The van der Waals surface area contributed by atoms with Crippen LogP contribution in [0.15, 0.2) is 35.2 Å². The highest BCUT2D eigenvalue weighted by molar-refractivity contribution is 7.92. The topological polar surface area (TPSA) is 51.2 Å². The van der Waals surface area contributed by atoms with Crippen molar-refractivity contribution in [2.24, 2.45) is 0 Å². The fourth-order valence-electron chi connectivity index (χ4n) is 1.51. The summed E-state index contributed by atoms with van der Waals surface area (Å²) in [5.74, 6) is -1.95. The first-order chi connectivity index (χ1) is 9.29. The highest BCUT2D eigenvalue weighted by Crippen LogP contribution is 2.31. The summed E-state index contributed by atoms with van der Waals surface area (Å²) in [6.45, 7) is 0. The lowest BCUT2D eigenvalue weighted by atomic mass is 10.2. The van der Waals surface area contributed by atoms with E-state index < -0.39 is 27.2 Å². The van der Waals surface area contributed by atoms with E-state index in [-0.39, 0.29) is 14.8 Å². The molecule has 0 fully saturated rings. The molecule has 0 aliphatic carbocycles. The zero-order valence-electron chi connectivity index (χ0n) is 9.77. The summed E-state index contributed by atoms with van der Waals surface area (Å²) in [4.78, 5) is 11.8. The third-order valence-corrected chi connectivity index (χ3v) is 5.57. The van der Waals surface area contributed by atoms with E-state index in [1.54, 1.807) is 0 Å². The smallest absolute Gasteiger partial charge is 0.185 e. The molecule has 0 amide bonds. The maximum Gasteiger partial charge on any atom is 0.185 e. The van der Waals surface area contributed by atoms with Gasteiger partial charge in [-0.15, -0.1) is 11.3 Å². The Morgan fingerprint density at radius 3 is 2.30 bits per heavy atom. The number of rotatable bonds is 4. The summed E-state index contributed by atoms with van der Waals surface area (Å²) in [6, 6.07) is 5.59. The van der Waals surface area contributed by atoms with Gasteiger partial charge in [0.1, 0.15) is 15.9 Å². The normalized spacial score (nSPS) is 11.6. The SMILES string of the molecule is O=C(CS(=O)(=O)c1ccc(F)cc1)c1cc(Cl)sc1Cl. The molecular weight excluding hydrogens is 346 g/mol. The van der Waals surface area contributed by atoms with Crippen molar-refractivity contribution in [3.8, 4) is 0 Å². The van der Waals surface area contributed by atoms with Crippen LogP contribution in [0.5, 0.6) is 0 Å². The molecule has 0 N–H and O–H groups in total. The number of hydrogen-bond acceptors (Lipinski definition) is 4. The molecule has 2 rings (SSSR count). The summed E-state index contributed by atoms with van der Waals surface area (Å²) in [5, 5.41) is 0. The van der Waals surface area contributed by atoms with Gasteiger partial charge in [-0.3, -0.25) is 4.79 Å². The number of thiophene rings is 1. The van der Waals surface area contributed by atoms with Crippen LogP contribution in [0.3, 0.4) is 0 Å². The van der Waals surface area contributed by atoms with Crippen molar-refractivity contribution >= 4 is 50.2 Å². The number of sulfone groups is 1. The van der Waals surface area contributed by atoms with Gasteiger partial charge >= 0.3 is 0 Å². The third-order valence-electron chi connectivity index (χ3n) is 2.45. The largest absolute Gasteiger partial charge is 0.293 e. The van der Waals surface area contributed by atoms with Gasteiger partial charge in [-0.2, -0.15) is 0 Å². The Morgan fingerprint density at radius 2 is 1.80 bits per heavy atom. The third kappa shape index (κ3) is 3.38. The Labute approximate surface area is 128 Å². The van der Waals surface area contributed by atoms with Gasteiger partial charge in [0.25, 0.3) is 0 Å². The Bertz CT molecular complexity index is 752. The van der Waals surface area contributed by atoms with E-state index in [4.69, 9.17) is 23.2 Å². The van der Waals surface area contributed by atoms with Crippen molar-refractivity contribution in [3.63, 3.8) is 0 Å². The van der Waals surface area contributed by atoms with Crippen LogP contribution in [0.25, 0.3) is 0 Å². The van der Waals surface area contributed by atoms with Crippen LogP contribution in [0.2, 0.25) is 8.67 Å². The van der Waals surface area contributed by atoms with Crippen molar-refractivity contribution in [2.45, 2.75) is 4.90 Å². The zero-order chi connectivity index (χ0) is 14.9. The van der Waals surface area contributed by atoms with Crippen molar-refractivity contribution in [1.29, 1.82) is 0 Å². The van der Waals surface area contributed by atoms with Crippen LogP contribution in [0, 0.1) is 5.82 Å². The van der Waals surface area contributed by atoms with Crippen LogP contribution in [-0.4, -0.2) is 20.0 Å². The summed E-state index contributed by atoms with van der Waals surface area (Å²) in [6.07, 6.45) is 0. The molecule has 3 nitrogen and oxygen atoms in total. The molecule has 106 valence electrons. The molecule has 0 saturated carbocycles. The lowest BCUT2D eigenvalue weighted by molar-refractivity contribution is 0.102. The fraction of sp³-hybridized carbons (Fsp3) is 0.0833. The van der Waals surface area contributed by atoms with E-state index >= 15 is 0 Å². The molecule has 20 heavy (non-hydrogen) atoms. The summed E-state index contributed by atoms with van der Waals surface area (Å²) in [7, 11) is -3.85. The highest BCUT2D eigenvalue weighted by atomic mass is 35.5. The second-order valence-corrected chi connectivity index (χ2v) is 8.15. The number of carbonyl (C=O) groups is 1. The van der Waals surface area contributed by atoms with Crippen molar-refractivity contribution in [1.82, 2.24) is 0 Å². The first-order valence-corrected chi connectivity index (χ1v) is 8.48. The lowest BCUT2D eigenvalue weighted by Crippen LogP contribution is -2.16. The molecular formula is C12H7Cl2FO3S2. The molecule has 0 aliphatic heterocycles. The van der Waals surface area contributed by atoms with Gasteiger partial charge in [-0.25, -0.2) is 12.8 Å². The van der Waals surface area contributed by atoms with Crippen molar-refractivity contribution in [2.75, 3.05) is 5.75 Å². The Balaban J connectivity index is 2.26. The van der Waals surface area contributed by atoms with Gasteiger partial charge in [0, 0.05) is 5.56 Å². The van der Waals surface area contributed by atoms with Gasteiger partial charge in [0.15, 0.2) is 15.6 Å². The number of ketones is 1. The predicted molar refractivity (Wildman–Crippen MR) is 77.1 cm³/mol. The Kier molecular flexibility index (Phi) is 4.49. The van der Waals surface area contributed by atoms with Crippen LogP contribution in [0.4, 0.5) is 4.39 Å². The minimum absolute atomic E-state index is 0.0763. The number of carbonyl (C=O) groups excluding carboxylic acids is 1. The highest BCUT2D eigenvalue weighted by Gasteiger charge is 2.23. The Hall–Kier alpha value is -0.950. The first kappa shape index (κ1) is 15.4. The number of benzene rings is 1. The van der Waals surface area contributed by atoms with Gasteiger partial charge in [-0.05, 0) is 30.3 Å². The molecule has 0 spiro atoms. The first-order valence-electron chi connectivity index (χ1n) is 5.26. The lowest BCUT2D eigenvalue weighted by Gasteiger charge is -2.03. The minimum Gasteiger partial charge on any atom is -0.293 e. The predicted octanol–water partition coefficient (Wildman–Crippen LogP) is 3.85. The molecule has 0 radical (unpaired) electrons. The van der Waals surface area contributed by atoms with E-state index in [9.17, 15) is 17.6 Å². The minimum atomic E-state index is -3.85. The van der Waals surface area contributed by atoms with Crippen molar-refractivity contribution < 1.29 is 17.6 Å². The molecule has 0 atom stereocenters. The van der Waals surface area contributed by atoms with Gasteiger partial charge < -0.3 is 0 Å². The van der Waals surface area contributed by atoms with Gasteiger partial charge in [0.05, 0.1) is 9.23 Å². The van der Waals surface area contributed by atoms with Crippen LogP contribution >= 0.6 is 34.5 Å². The average Bonchev–Trinajstić information content (AvgIpc) is 2.68. The van der Waals surface area contributed by atoms with E-state index in [1.807, 2.05) is 0 Å². The van der Waals surface area contributed by atoms with Crippen LogP contribution in [0.1, 0.15) is 10.4 Å². The summed E-state index contributed by atoms with van der Waals surface area (Å²) in [5.41, 5.74) is 0.0763. The molecule has 0 bridgehead atoms.